The first kappa shape index (κ1) is 23.2. The predicted octanol–water partition coefficient (Wildman–Crippen LogP) is 3.48. The van der Waals surface area contributed by atoms with Crippen molar-refractivity contribution in [3.63, 3.8) is 0 Å². The summed E-state index contributed by atoms with van der Waals surface area (Å²) in [7, 11) is 4.39. The van der Waals surface area contributed by atoms with Gasteiger partial charge in [-0.15, -0.1) is 24.0 Å². The van der Waals surface area contributed by atoms with Gasteiger partial charge in [0.1, 0.15) is 12.3 Å². The lowest BCUT2D eigenvalue weighted by Crippen LogP contribution is -2.56. The Bertz CT molecular complexity index is 567. The van der Waals surface area contributed by atoms with E-state index in [9.17, 15) is 0 Å². The number of aromatic nitrogens is 1. The van der Waals surface area contributed by atoms with Crippen molar-refractivity contribution in [2.45, 2.75) is 65.5 Å². The Balaban J connectivity index is 0.00000338. The summed E-state index contributed by atoms with van der Waals surface area (Å²) in [5.41, 5.74) is 1.13. The van der Waals surface area contributed by atoms with Crippen molar-refractivity contribution in [3.8, 4) is 0 Å². The third-order valence-electron chi connectivity index (χ3n) is 5.39. The van der Waals surface area contributed by atoms with Crippen molar-refractivity contribution in [1.29, 1.82) is 0 Å². The zero-order valence-electron chi connectivity index (χ0n) is 17.2. The van der Waals surface area contributed by atoms with Crippen LogP contribution in [0.15, 0.2) is 9.41 Å². The quantitative estimate of drug-likeness (QED) is 0.373. The molecule has 1 saturated carbocycles. The monoisotopic (exact) mass is 477 g/mol. The van der Waals surface area contributed by atoms with Gasteiger partial charge in [0.2, 0.25) is 5.89 Å². The number of rotatable bonds is 6. The average Bonchev–Trinajstić information content (AvgIpc) is 2.88. The van der Waals surface area contributed by atoms with Crippen LogP contribution in [-0.4, -0.2) is 48.6 Å². The average molecular weight is 477 g/mol. The van der Waals surface area contributed by atoms with E-state index in [0.717, 1.165) is 36.4 Å². The second-order valence-electron chi connectivity index (χ2n) is 7.62. The first-order valence-corrected chi connectivity index (χ1v) is 9.49. The van der Waals surface area contributed by atoms with Crippen LogP contribution in [0.2, 0.25) is 0 Å². The molecule has 2 unspecified atom stereocenters. The highest BCUT2D eigenvalue weighted by atomic mass is 127. The van der Waals surface area contributed by atoms with Crippen LogP contribution in [0.5, 0.6) is 0 Å². The topological polar surface area (TPSA) is 65.7 Å². The van der Waals surface area contributed by atoms with Gasteiger partial charge in [0.15, 0.2) is 5.96 Å². The van der Waals surface area contributed by atoms with Gasteiger partial charge < -0.3 is 20.0 Å². The SMILES string of the molecule is CCNC(=NCc1nc(C)c(C)o1)NCC1(N(C)C)CCCC(C)C1.I. The lowest BCUT2D eigenvalue weighted by atomic mass is 9.75. The number of halogens is 1. The molecule has 6 nitrogen and oxygen atoms in total. The maximum atomic E-state index is 5.63. The summed E-state index contributed by atoms with van der Waals surface area (Å²) in [6.45, 7) is 10.5. The largest absolute Gasteiger partial charge is 0.444 e. The Hall–Kier alpha value is -0.830. The number of hydrogen-bond acceptors (Lipinski definition) is 4. The minimum atomic E-state index is 0. The molecular weight excluding hydrogens is 441 g/mol. The van der Waals surface area contributed by atoms with Crippen LogP contribution in [0.1, 0.15) is 56.9 Å². The Morgan fingerprint density at radius 1 is 1.35 bits per heavy atom. The van der Waals surface area contributed by atoms with Crippen molar-refractivity contribution in [3.05, 3.63) is 17.3 Å². The molecule has 0 aliphatic heterocycles. The number of aliphatic imine (C=N–C) groups is 1. The highest BCUT2D eigenvalue weighted by Gasteiger charge is 2.36. The second kappa shape index (κ2) is 10.5. The summed E-state index contributed by atoms with van der Waals surface area (Å²) in [4.78, 5) is 11.4. The normalized spacial score (nSPS) is 23.7. The Morgan fingerprint density at radius 3 is 2.62 bits per heavy atom. The van der Waals surface area contributed by atoms with E-state index in [1.165, 1.54) is 25.7 Å². The molecule has 0 amide bonds. The number of nitrogens with zero attached hydrogens (tertiary/aromatic N) is 3. The second-order valence-corrected chi connectivity index (χ2v) is 7.62. The number of guanidine groups is 1. The number of oxazole rings is 1. The lowest BCUT2D eigenvalue weighted by molar-refractivity contribution is 0.0795. The van der Waals surface area contributed by atoms with Gasteiger partial charge in [0, 0.05) is 18.6 Å². The summed E-state index contributed by atoms with van der Waals surface area (Å²) in [5, 5.41) is 6.88. The van der Waals surface area contributed by atoms with Crippen molar-refractivity contribution in [1.82, 2.24) is 20.5 Å². The zero-order valence-corrected chi connectivity index (χ0v) is 19.5. The number of likely N-dealkylation sites (N-methyl/N-ethyl adjacent to an activating group) is 1. The Labute approximate surface area is 175 Å². The number of aryl methyl sites for hydroxylation is 2. The molecule has 2 atom stereocenters. The molecule has 1 heterocycles. The fourth-order valence-electron chi connectivity index (χ4n) is 3.70. The summed E-state index contributed by atoms with van der Waals surface area (Å²) in [5.74, 6) is 3.14. The summed E-state index contributed by atoms with van der Waals surface area (Å²) < 4.78 is 5.63. The maximum absolute atomic E-state index is 5.63. The first-order valence-electron chi connectivity index (χ1n) is 9.49. The minimum Gasteiger partial charge on any atom is -0.444 e. The van der Waals surface area contributed by atoms with Crippen LogP contribution in [0.4, 0.5) is 0 Å². The molecular formula is C19H36IN5O. The highest BCUT2D eigenvalue weighted by Crippen LogP contribution is 2.35. The van der Waals surface area contributed by atoms with E-state index >= 15 is 0 Å². The molecule has 1 aromatic rings. The number of hydrogen-bond donors (Lipinski definition) is 2. The molecule has 0 saturated heterocycles. The molecule has 150 valence electrons. The third-order valence-corrected chi connectivity index (χ3v) is 5.39. The van der Waals surface area contributed by atoms with Crippen molar-refractivity contribution in [2.75, 3.05) is 27.2 Å². The van der Waals surface area contributed by atoms with Gasteiger partial charge in [-0.05, 0) is 53.6 Å². The molecule has 1 aliphatic carbocycles. The molecule has 0 bridgehead atoms. The molecule has 2 N–H and O–H groups in total. The lowest BCUT2D eigenvalue weighted by Gasteiger charge is -2.45. The highest BCUT2D eigenvalue weighted by molar-refractivity contribution is 14.0. The Morgan fingerprint density at radius 2 is 2.08 bits per heavy atom. The molecule has 0 spiro atoms. The van der Waals surface area contributed by atoms with Gasteiger partial charge in [0.05, 0.1) is 5.69 Å². The van der Waals surface area contributed by atoms with E-state index in [2.05, 4.69) is 53.5 Å². The summed E-state index contributed by atoms with van der Waals surface area (Å²) in [6.07, 6.45) is 5.09. The maximum Gasteiger partial charge on any atom is 0.216 e. The number of nitrogens with one attached hydrogen (secondary N) is 2. The van der Waals surface area contributed by atoms with Crippen LogP contribution in [0.3, 0.4) is 0 Å². The van der Waals surface area contributed by atoms with E-state index in [1.54, 1.807) is 0 Å². The van der Waals surface area contributed by atoms with Gasteiger partial charge in [-0.25, -0.2) is 9.98 Å². The van der Waals surface area contributed by atoms with E-state index in [4.69, 9.17) is 4.42 Å². The van der Waals surface area contributed by atoms with Gasteiger partial charge in [-0.2, -0.15) is 0 Å². The van der Waals surface area contributed by atoms with Crippen LogP contribution < -0.4 is 10.6 Å². The Kier molecular flexibility index (Phi) is 9.36. The minimum absolute atomic E-state index is 0. The van der Waals surface area contributed by atoms with E-state index in [-0.39, 0.29) is 29.5 Å². The van der Waals surface area contributed by atoms with Crippen LogP contribution in [-0.2, 0) is 6.54 Å². The molecule has 2 rings (SSSR count). The third kappa shape index (κ3) is 6.11. The van der Waals surface area contributed by atoms with Crippen molar-refractivity contribution in [2.24, 2.45) is 10.9 Å². The van der Waals surface area contributed by atoms with Crippen LogP contribution in [0, 0.1) is 19.8 Å². The fraction of sp³-hybridized carbons (Fsp3) is 0.789. The zero-order chi connectivity index (χ0) is 18.4. The molecule has 1 aliphatic rings. The molecule has 7 heteroatoms. The standard InChI is InChI=1S/C19H35N5O.HI/c1-7-20-18(21-12-17-23-15(3)16(4)25-17)22-13-19(24(5)6)10-8-9-14(2)11-19;/h14H,7-13H2,1-6H3,(H2,20,21,22);1H. The molecule has 1 fully saturated rings. The summed E-state index contributed by atoms with van der Waals surface area (Å²) in [6, 6.07) is 0. The molecule has 1 aromatic heterocycles. The van der Waals surface area contributed by atoms with Gasteiger partial charge in [-0.1, -0.05) is 19.8 Å². The smallest absolute Gasteiger partial charge is 0.216 e. The van der Waals surface area contributed by atoms with Crippen molar-refractivity contribution >= 4 is 29.9 Å². The fourth-order valence-corrected chi connectivity index (χ4v) is 3.70. The van der Waals surface area contributed by atoms with Gasteiger partial charge >= 0.3 is 0 Å². The predicted molar refractivity (Wildman–Crippen MR) is 118 cm³/mol. The van der Waals surface area contributed by atoms with Crippen molar-refractivity contribution < 1.29 is 4.42 Å². The molecule has 26 heavy (non-hydrogen) atoms. The van der Waals surface area contributed by atoms with Crippen LogP contribution >= 0.6 is 24.0 Å². The van der Waals surface area contributed by atoms with Crippen LogP contribution in [0.25, 0.3) is 0 Å². The van der Waals surface area contributed by atoms with E-state index < -0.39 is 0 Å². The summed E-state index contributed by atoms with van der Waals surface area (Å²) >= 11 is 0. The van der Waals surface area contributed by atoms with Gasteiger partial charge in [-0.3, -0.25) is 0 Å². The van der Waals surface area contributed by atoms with E-state index in [1.807, 2.05) is 13.8 Å². The molecule has 0 radical (unpaired) electrons. The molecule has 0 aromatic carbocycles. The van der Waals surface area contributed by atoms with Gasteiger partial charge in [0.25, 0.3) is 0 Å². The first-order chi connectivity index (χ1) is 11.9. The van der Waals surface area contributed by atoms with E-state index in [0.29, 0.717) is 12.4 Å².